The summed E-state index contributed by atoms with van der Waals surface area (Å²) < 4.78 is 7.01. The predicted molar refractivity (Wildman–Crippen MR) is 133 cm³/mol. The van der Waals surface area contributed by atoms with Crippen LogP contribution in [0, 0.1) is 27.7 Å². The van der Waals surface area contributed by atoms with Crippen molar-refractivity contribution in [2.45, 2.75) is 53.9 Å². The molecule has 0 atom stereocenters. The molecule has 0 aliphatic rings. The van der Waals surface area contributed by atoms with Crippen LogP contribution < -0.4 is 5.32 Å². The molecular weight excluding hydrogens is 446 g/mol. The number of fused-ring (bicyclic) bond motifs is 1. The fraction of sp³-hybridized carbons (Fsp3) is 0.423. The van der Waals surface area contributed by atoms with Crippen LogP contribution in [0.5, 0.6) is 0 Å². The van der Waals surface area contributed by atoms with Gasteiger partial charge in [0.1, 0.15) is 0 Å². The molecule has 0 spiro atoms. The molecule has 3 rings (SSSR count). The van der Waals surface area contributed by atoms with Gasteiger partial charge in [-0.1, -0.05) is 25.1 Å². The molecule has 0 saturated carbocycles. The lowest BCUT2D eigenvalue weighted by Crippen LogP contribution is -2.40. The van der Waals surface area contributed by atoms with Gasteiger partial charge in [0.15, 0.2) is 12.3 Å². The van der Waals surface area contributed by atoms with E-state index in [1.54, 1.807) is 4.52 Å². The third-order valence-corrected chi connectivity index (χ3v) is 5.82. The van der Waals surface area contributed by atoms with Crippen LogP contribution in [0.3, 0.4) is 0 Å². The van der Waals surface area contributed by atoms with Gasteiger partial charge in [-0.2, -0.15) is 5.10 Å². The van der Waals surface area contributed by atoms with Crippen molar-refractivity contribution >= 4 is 29.1 Å². The topological polar surface area (TPSA) is 106 Å². The zero-order valence-electron chi connectivity index (χ0n) is 21.1. The summed E-state index contributed by atoms with van der Waals surface area (Å²) in [5.41, 5.74) is 5.99. The average Bonchev–Trinajstić information content (AvgIpc) is 3.18. The van der Waals surface area contributed by atoms with Crippen molar-refractivity contribution in [1.82, 2.24) is 19.5 Å². The minimum Gasteiger partial charge on any atom is -0.456 e. The van der Waals surface area contributed by atoms with E-state index in [2.05, 4.69) is 15.4 Å². The molecule has 35 heavy (non-hydrogen) atoms. The third kappa shape index (κ3) is 6.65. The Morgan fingerprint density at radius 1 is 1.11 bits per heavy atom. The van der Waals surface area contributed by atoms with E-state index in [1.165, 1.54) is 4.90 Å². The number of aryl methyl sites for hydroxylation is 4. The summed E-state index contributed by atoms with van der Waals surface area (Å²) in [6, 6.07) is 9.35. The van der Waals surface area contributed by atoms with Gasteiger partial charge in [-0.05, 0) is 57.7 Å². The first kappa shape index (κ1) is 25.9. The van der Waals surface area contributed by atoms with Crippen LogP contribution in [0.2, 0.25) is 0 Å². The molecule has 0 aliphatic heterocycles. The van der Waals surface area contributed by atoms with Crippen LogP contribution in [-0.4, -0.2) is 57.0 Å². The quantitative estimate of drug-likeness (QED) is 0.447. The molecule has 9 nitrogen and oxygen atoms in total. The zero-order chi connectivity index (χ0) is 25.5. The summed E-state index contributed by atoms with van der Waals surface area (Å²) in [5.74, 6) is -1.17. The van der Waals surface area contributed by atoms with Crippen LogP contribution in [0.4, 0.5) is 5.69 Å². The molecule has 0 saturated heterocycles. The largest absolute Gasteiger partial charge is 0.456 e. The smallest absolute Gasteiger partial charge is 0.306 e. The molecule has 2 amide bonds. The molecule has 0 unspecified atom stereocenters. The highest BCUT2D eigenvalue weighted by atomic mass is 16.5. The molecule has 0 radical (unpaired) electrons. The van der Waals surface area contributed by atoms with Crippen LogP contribution in [0.25, 0.3) is 5.65 Å². The van der Waals surface area contributed by atoms with Crippen molar-refractivity contribution in [3.05, 3.63) is 58.5 Å². The summed E-state index contributed by atoms with van der Waals surface area (Å²) in [4.78, 5) is 43.5. The highest BCUT2D eigenvalue weighted by Crippen LogP contribution is 2.17. The molecule has 0 fully saturated rings. The van der Waals surface area contributed by atoms with Gasteiger partial charge in [-0.25, -0.2) is 9.50 Å². The predicted octanol–water partition coefficient (Wildman–Crippen LogP) is 3.32. The summed E-state index contributed by atoms with van der Waals surface area (Å²) in [7, 11) is 0. The molecule has 1 N–H and O–H groups in total. The van der Waals surface area contributed by atoms with Crippen molar-refractivity contribution in [1.29, 1.82) is 0 Å². The fourth-order valence-electron chi connectivity index (χ4n) is 3.97. The van der Waals surface area contributed by atoms with Gasteiger partial charge in [-0.3, -0.25) is 14.4 Å². The molecular formula is C26H33N5O4. The van der Waals surface area contributed by atoms with Gasteiger partial charge in [0.25, 0.3) is 5.91 Å². The second-order valence-electron chi connectivity index (χ2n) is 8.66. The normalized spacial score (nSPS) is 10.9. The highest BCUT2D eigenvalue weighted by molar-refractivity contribution is 5.95. The molecule has 2 aromatic heterocycles. The molecule has 3 aromatic rings. The second-order valence-corrected chi connectivity index (χ2v) is 8.66. The van der Waals surface area contributed by atoms with Crippen LogP contribution in [-0.2, 0) is 25.5 Å². The fourth-order valence-corrected chi connectivity index (χ4v) is 3.97. The molecule has 2 heterocycles. The second kappa shape index (κ2) is 11.6. The summed E-state index contributed by atoms with van der Waals surface area (Å²) in [5, 5.41) is 7.28. The maximum Gasteiger partial charge on any atom is 0.306 e. The number of aromatic nitrogens is 3. The van der Waals surface area contributed by atoms with E-state index in [1.807, 2.05) is 65.0 Å². The lowest BCUT2D eigenvalue weighted by molar-refractivity contribution is -0.152. The lowest BCUT2D eigenvalue weighted by atomic mass is 10.1. The van der Waals surface area contributed by atoms with E-state index in [9.17, 15) is 14.4 Å². The Morgan fingerprint density at radius 2 is 1.86 bits per heavy atom. The molecule has 9 heteroatoms. The maximum absolute atomic E-state index is 12.7. The lowest BCUT2D eigenvalue weighted by Gasteiger charge is -2.21. The molecule has 186 valence electrons. The summed E-state index contributed by atoms with van der Waals surface area (Å²) in [6.07, 6.45) is 1.23. The minimum atomic E-state index is -0.477. The summed E-state index contributed by atoms with van der Waals surface area (Å²) >= 11 is 0. The number of esters is 1. The minimum absolute atomic E-state index is 0.105. The number of nitrogens with one attached hydrogen (secondary N) is 1. The Hall–Kier alpha value is -3.75. The van der Waals surface area contributed by atoms with Gasteiger partial charge in [0.05, 0.1) is 12.2 Å². The number of hydrogen-bond donors (Lipinski definition) is 1. The highest BCUT2D eigenvalue weighted by Gasteiger charge is 2.19. The standard InChI is InChI=1S/C26H33N5O4/c1-6-13-30(15-24(32)28-22-10-8-7-9-17(22)2)25(33)16-35-26(34)12-11-21-19(4)27-23-14-18(3)29-31(23)20(21)5/h7-10,14H,6,11-13,15-16H2,1-5H3,(H,28,32). The van der Waals surface area contributed by atoms with Gasteiger partial charge in [-0.15, -0.1) is 0 Å². The number of amides is 2. The Labute approximate surface area is 205 Å². The summed E-state index contributed by atoms with van der Waals surface area (Å²) in [6.45, 7) is 9.47. The van der Waals surface area contributed by atoms with Crippen molar-refractivity contribution in [2.24, 2.45) is 0 Å². The third-order valence-electron chi connectivity index (χ3n) is 5.82. The monoisotopic (exact) mass is 479 g/mol. The van der Waals surface area contributed by atoms with Gasteiger partial charge < -0.3 is 15.0 Å². The van der Waals surface area contributed by atoms with Crippen LogP contribution in [0.15, 0.2) is 30.3 Å². The molecule has 1 aromatic carbocycles. The first-order valence-corrected chi connectivity index (χ1v) is 11.8. The molecule has 0 bridgehead atoms. The maximum atomic E-state index is 12.7. The SMILES string of the molecule is CCCN(CC(=O)Nc1ccccc1C)C(=O)COC(=O)CCc1c(C)nc2cc(C)nn2c1C. The first-order valence-electron chi connectivity index (χ1n) is 11.8. The number of carbonyl (C=O) groups excluding carboxylic acids is 3. The number of nitrogens with zero attached hydrogens (tertiary/aromatic N) is 4. The Balaban J connectivity index is 1.53. The van der Waals surface area contributed by atoms with Crippen LogP contribution >= 0.6 is 0 Å². The number of para-hydroxylation sites is 1. The van der Waals surface area contributed by atoms with Crippen molar-refractivity contribution < 1.29 is 19.1 Å². The number of ether oxygens (including phenoxy) is 1. The number of rotatable bonds is 10. The Kier molecular flexibility index (Phi) is 8.57. The van der Waals surface area contributed by atoms with Crippen molar-refractivity contribution in [3.8, 4) is 0 Å². The Morgan fingerprint density at radius 3 is 2.57 bits per heavy atom. The zero-order valence-corrected chi connectivity index (χ0v) is 21.1. The van der Waals surface area contributed by atoms with Gasteiger partial charge in [0, 0.05) is 36.1 Å². The van der Waals surface area contributed by atoms with Crippen molar-refractivity contribution in [2.75, 3.05) is 25.0 Å². The van der Waals surface area contributed by atoms with Crippen molar-refractivity contribution in [3.63, 3.8) is 0 Å². The van der Waals surface area contributed by atoms with E-state index in [-0.39, 0.29) is 18.9 Å². The van der Waals surface area contributed by atoms with E-state index < -0.39 is 18.5 Å². The first-order chi connectivity index (χ1) is 16.7. The van der Waals surface area contributed by atoms with E-state index in [0.29, 0.717) is 25.1 Å². The Bertz CT molecular complexity index is 1230. The van der Waals surface area contributed by atoms with Crippen LogP contribution in [0.1, 0.15) is 48.0 Å². The van der Waals surface area contributed by atoms with Gasteiger partial charge in [0.2, 0.25) is 5.91 Å². The van der Waals surface area contributed by atoms with Gasteiger partial charge >= 0.3 is 5.97 Å². The molecule has 0 aliphatic carbocycles. The average molecular weight is 480 g/mol. The number of hydrogen-bond acceptors (Lipinski definition) is 6. The van der Waals surface area contributed by atoms with E-state index in [4.69, 9.17) is 4.74 Å². The number of benzene rings is 1. The number of anilines is 1. The van der Waals surface area contributed by atoms with E-state index >= 15 is 0 Å². The number of carbonyl (C=O) groups is 3. The van der Waals surface area contributed by atoms with E-state index in [0.717, 1.165) is 33.9 Å².